The van der Waals surface area contributed by atoms with Gasteiger partial charge in [0.1, 0.15) is 5.71 Å². The molecule has 0 amide bonds. The molecule has 1 aliphatic rings. The molecule has 0 saturated heterocycles. The van der Waals surface area contributed by atoms with E-state index in [0.717, 1.165) is 18.4 Å². The minimum Gasteiger partial charge on any atom is -0.293 e. The lowest BCUT2D eigenvalue weighted by atomic mass is 9.88. The van der Waals surface area contributed by atoms with Crippen LogP contribution in [0.3, 0.4) is 0 Å². The lowest BCUT2D eigenvalue weighted by Crippen LogP contribution is -2.14. The van der Waals surface area contributed by atoms with Crippen LogP contribution in [0.25, 0.3) is 0 Å². The van der Waals surface area contributed by atoms with Crippen LogP contribution in [-0.2, 0) is 4.79 Å². The Balaban J connectivity index is 3.11. The van der Waals surface area contributed by atoms with E-state index in [2.05, 4.69) is 31.8 Å². The fourth-order valence-corrected chi connectivity index (χ4v) is 1.73. The first-order valence-corrected chi connectivity index (χ1v) is 5.45. The zero-order valence-corrected chi connectivity index (χ0v) is 10.0. The molecule has 0 fully saturated rings. The van der Waals surface area contributed by atoms with Gasteiger partial charge in [-0.15, -0.1) is 0 Å². The van der Waals surface area contributed by atoms with Gasteiger partial charge in [0.15, 0.2) is 5.78 Å². The van der Waals surface area contributed by atoms with Crippen molar-refractivity contribution in [2.24, 2.45) is 10.4 Å². The predicted molar refractivity (Wildman–Crippen MR) is 64.0 cm³/mol. The molecule has 2 nitrogen and oxygen atoms in total. The normalized spacial score (nSPS) is 19.2. The third kappa shape index (κ3) is 3.15. The van der Waals surface area contributed by atoms with Crippen molar-refractivity contribution < 1.29 is 4.79 Å². The summed E-state index contributed by atoms with van der Waals surface area (Å²) in [5.74, 6) is 0.0528. The molecule has 0 aliphatic carbocycles. The first kappa shape index (κ1) is 11.9. The highest BCUT2D eigenvalue weighted by molar-refractivity contribution is 6.45. The Morgan fingerprint density at radius 1 is 1.47 bits per heavy atom. The van der Waals surface area contributed by atoms with Crippen LogP contribution < -0.4 is 0 Å². The highest BCUT2D eigenvalue weighted by Crippen LogP contribution is 2.26. The molecule has 0 aromatic heterocycles. The van der Waals surface area contributed by atoms with Gasteiger partial charge in [-0.05, 0) is 12.0 Å². The van der Waals surface area contributed by atoms with Crippen molar-refractivity contribution in [1.29, 1.82) is 0 Å². The van der Waals surface area contributed by atoms with Crippen molar-refractivity contribution in [3.63, 3.8) is 0 Å². The molecule has 0 saturated carbocycles. The quantitative estimate of drug-likeness (QED) is 0.695. The lowest BCUT2D eigenvalue weighted by molar-refractivity contribution is -0.111. The summed E-state index contributed by atoms with van der Waals surface area (Å²) in [6, 6.07) is 0. The van der Waals surface area contributed by atoms with Crippen molar-refractivity contribution >= 4 is 11.5 Å². The van der Waals surface area contributed by atoms with Crippen LogP contribution in [0.5, 0.6) is 0 Å². The van der Waals surface area contributed by atoms with E-state index in [1.165, 1.54) is 0 Å². The van der Waals surface area contributed by atoms with Crippen LogP contribution >= 0.6 is 0 Å². The molecule has 0 bridgehead atoms. The molecule has 0 aromatic carbocycles. The lowest BCUT2D eigenvalue weighted by Gasteiger charge is -2.15. The highest BCUT2D eigenvalue weighted by Gasteiger charge is 2.19. The SMILES string of the molecule is CCCC1=CC(C)(C)C=CN=C1C(C)=O. The zero-order chi connectivity index (χ0) is 11.5. The number of aliphatic imine (C=N–C) groups is 1. The van der Waals surface area contributed by atoms with E-state index < -0.39 is 0 Å². The molecule has 0 radical (unpaired) electrons. The summed E-state index contributed by atoms with van der Waals surface area (Å²) in [7, 11) is 0. The predicted octanol–water partition coefficient (Wildman–Crippen LogP) is 3.30. The van der Waals surface area contributed by atoms with E-state index in [0.29, 0.717) is 5.71 Å². The van der Waals surface area contributed by atoms with Gasteiger partial charge in [-0.3, -0.25) is 9.79 Å². The standard InChI is InChI=1S/C13H19NO/c1-5-6-11-9-13(3,4)7-8-14-12(11)10(2)15/h7-9H,5-6H2,1-4H3. The number of hydrogen-bond acceptors (Lipinski definition) is 2. The van der Waals surface area contributed by atoms with Gasteiger partial charge in [-0.2, -0.15) is 0 Å². The number of carbonyl (C=O) groups excluding carboxylic acids is 1. The summed E-state index contributed by atoms with van der Waals surface area (Å²) in [4.78, 5) is 15.7. The number of ketones is 1. The fourth-order valence-electron chi connectivity index (χ4n) is 1.73. The van der Waals surface area contributed by atoms with Gasteiger partial charge in [0, 0.05) is 18.5 Å². The molecule has 1 rings (SSSR count). The van der Waals surface area contributed by atoms with Gasteiger partial charge in [0.25, 0.3) is 0 Å². The number of hydrogen-bond donors (Lipinski definition) is 0. The second-order valence-corrected chi connectivity index (χ2v) is 4.59. The van der Waals surface area contributed by atoms with E-state index in [4.69, 9.17) is 0 Å². The van der Waals surface area contributed by atoms with Crippen molar-refractivity contribution in [1.82, 2.24) is 0 Å². The van der Waals surface area contributed by atoms with Gasteiger partial charge >= 0.3 is 0 Å². The number of Topliss-reactive ketones (excluding diaryl/α,β-unsaturated/α-hetero) is 1. The molecule has 1 heterocycles. The minimum absolute atomic E-state index is 0.00873. The molecule has 0 N–H and O–H groups in total. The summed E-state index contributed by atoms with van der Waals surface area (Å²) in [5.41, 5.74) is 1.70. The molecular formula is C13H19NO. The maximum atomic E-state index is 11.4. The Morgan fingerprint density at radius 2 is 2.13 bits per heavy atom. The fraction of sp³-hybridized carbons (Fsp3) is 0.538. The monoisotopic (exact) mass is 205 g/mol. The molecule has 15 heavy (non-hydrogen) atoms. The van der Waals surface area contributed by atoms with Gasteiger partial charge in [0.05, 0.1) is 0 Å². The van der Waals surface area contributed by atoms with E-state index in [-0.39, 0.29) is 11.2 Å². The number of allylic oxidation sites excluding steroid dienone is 3. The molecular weight excluding hydrogens is 186 g/mol. The average molecular weight is 205 g/mol. The van der Waals surface area contributed by atoms with Gasteiger partial charge in [-0.1, -0.05) is 39.3 Å². The zero-order valence-electron chi connectivity index (χ0n) is 10.0. The largest absolute Gasteiger partial charge is 0.293 e. The van der Waals surface area contributed by atoms with Crippen molar-refractivity contribution in [3.8, 4) is 0 Å². The first-order valence-electron chi connectivity index (χ1n) is 5.45. The minimum atomic E-state index is -0.00873. The molecule has 0 spiro atoms. The summed E-state index contributed by atoms with van der Waals surface area (Å²) in [6.45, 7) is 7.94. The van der Waals surface area contributed by atoms with Crippen LogP contribution in [-0.4, -0.2) is 11.5 Å². The van der Waals surface area contributed by atoms with E-state index in [9.17, 15) is 4.79 Å². The van der Waals surface area contributed by atoms with Crippen LogP contribution in [0, 0.1) is 5.41 Å². The third-order valence-electron chi connectivity index (χ3n) is 2.41. The van der Waals surface area contributed by atoms with Crippen molar-refractivity contribution in [3.05, 3.63) is 23.9 Å². The molecule has 2 heteroatoms. The Hall–Kier alpha value is -1.18. The third-order valence-corrected chi connectivity index (χ3v) is 2.41. The Labute approximate surface area is 91.8 Å². The summed E-state index contributed by atoms with van der Waals surface area (Å²) < 4.78 is 0. The highest BCUT2D eigenvalue weighted by atomic mass is 16.1. The summed E-state index contributed by atoms with van der Waals surface area (Å²) >= 11 is 0. The van der Waals surface area contributed by atoms with Crippen molar-refractivity contribution in [2.45, 2.75) is 40.5 Å². The molecule has 82 valence electrons. The van der Waals surface area contributed by atoms with E-state index >= 15 is 0 Å². The topological polar surface area (TPSA) is 29.4 Å². The van der Waals surface area contributed by atoms with Crippen LogP contribution in [0.1, 0.15) is 40.5 Å². The molecule has 0 atom stereocenters. The van der Waals surface area contributed by atoms with Crippen LogP contribution in [0.2, 0.25) is 0 Å². The molecule has 0 unspecified atom stereocenters. The maximum absolute atomic E-state index is 11.4. The van der Waals surface area contributed by atoms with Crippen LogP contribution in [0.15, 0.2) is 28.9 Å². The number of rotatable bonds is 3. The first-order chi connectivity index (χ1) is 6.96. The number of nitrogens with zero attached hydrogens (tertiary/aromatic N) is 1. The second-order valence-electron chi connectivity index (χ2n) is 4.59. The Morgan fingerprint density at radius 3 is 2.67 bits per heavy atom. The van der Waals surface area contributed by atoms with Gasteiger partial charge < -0.3 is 0 Å². The van der Waals surface area contributed by atoms with Crippen molar-refractivity contribution in [2.75, 3.05) is 0 Å². The summed E-state index contributed by atoms with van der Waals surface area (Å²) in [5, 5.41) is 0. The maximum Gasteiger partial charge on any atom is 0.178 e. The smallest absolute Gasteiger partial charge is 0.178 e. The number of carbonyl (C=O) groups is 1. The Bertz CT molecular complexity index is 346. The molecule has 1 aliphatic heterocycles. The summed E-state index contributed by atoms with van der Waals surface area (Å²) in [6.07, 6.45) is 7.88. The Kier molecular flexibility index (Phi) is 3.61. The average Bonchev–Trinajstić information content (AvgIpc) is 2.24. The van der Waals surface area contributed by atoms with E-state index in [1.54, 1.807) is 13.1 Å². The van der Waals surface area contributed by atoms with Gasteiger partial charge in [-0.25, -0.2) is 0 Å². The second kappa shape index (κ2) is 4.56. The van der Waals surface area contributed by atoms with Crippen LogP contribution in [0.4, 0.5) is 0 Å². The van der Waals surface area contributed by atoms with Gasteiger partial charge in [0.2, 0.25) is 0 Å². The molecule has 0 aromatic rings. The van der Waals surface area contributed by atoms with E-state index in [1.807, 2.05) is 6.08 Å².